The highest BCUT2D eigenvalue weighted by Gasteiger charge is 2.14. The molecule has 0 radical (unpaired) electrons. The number of anilines is 1. The average Bonchev–Trinajstić information content (AvgIpc) is 3.12. The summed E-state index contributed by atoms with van der Waals surface area (Å²) in [6.45, 7) is 4.90. The van der Waals surface area contributed by atoms with Crippen LogP contribution in [0.1, 0.15) is 16.7 Å². The van der Waals surface area contributed by atoms with Gasteiger partial charge in [0.1, 0.15) is 0 Å². The Morgan fingerprint density at radius 2 is 1.73 bits per heavy atom. The molecular weight excluding hydrogens is 390 g/mol. The van der Waals surface area contributed by atoms with Crippen molar-refractivity contribution in [3.63, 3.8) is 0 Å². The largest absolute Gasteiger partial charge is 0.325 e. The topological polar surface area (TPSA) is 46.9 Å². The molecule has 4 aromatic rings. The van der Waals surface area contributed by atoms with E-state index in [9.17, 15) is 4.79 Å². The minimum atomic E-state index is -0.0182. The molecule has 4 nitrogen and oxygen atoms in total. The Bertz CT molecular complexity index is 1170. The molecule has 1 amide bonds. The van der Waals surface area contributed by atoms with Crippen LogP contribution in [-0.2, 0) is 17.8 Å². The quantitative estimate of drug-likeness (QED) is 0.398. The van der Waals surface area contributed by atoms with E-state index < -0.39 is 0 Å². The molecule has 0 saturated heterocycles. The monoisotopic (exact) mass is 415 g/mol. The molecular formula is C25H25N3OS. The van der Waals surface area contributed by atoms with Crippen LogP contribution < -0.4 is 5.32 Å². The lowest BCUT2D eigenvalue weighted by atomic mass is 10.1. The average molecular weight is 416 g/mol. The summed E-state index contributed by atoms with van der Waals surface area (Å²) in [5, 5.41) is 3.91. The molecule has 1 heterocycles. The number of para-hydroxylation sites is 2. The first-order chi connectivity index (χ1) is 14.6. The highest BCUT2D eigenvalue weighted by Crippen LogP contribution is 2.25. The maximum absolute atomic E-state index is 12.6. The van der Waals surface area contributed by atoms with Crippen LogP contribution in [0, 0.1) is 13.8 Å². The Labute approximate surface area is 181 Å². The van der Waals surface area contributed by atoms with Crippen molar-refractivity contribution in [1.82, 2.24) is 9.55 Å². The van der Waals surface area contributed by atoms with E-state index in [-0.39, 0.29) is 5.91 Å². The molecule has 4 rings (SSSR count). The second-order valence-corrected chi connectivity index (χ2v) is 8.30. The van der Waals surface area contributed by atoms with Gasteiger partial charge in [-0.25, -0.2) is 4.98 Å². The summed E-state index contributed by atoms with van der Waals surface area (Å²) in [6.07, 6.45) is 0.920. The van der Waals surface area contributed by atoms with E-state index in [0.29, 0.717) is 5.75 Å². The number of imidazole rings is 1. The van der Waals surface area contributed by atoms with Crippen molar-refractivity contribution in [2.24, 2.45) is 0 Å². The van der Waals surface area contributed by atoms with Gasteiger partial charge in [0.15, 0.2) is 5.16 Å². The van der Waals surface area contributed by atoms with Gasteiger partial charge >= 0.3 is 0 Å². The van der Waals surface area contributed by atoms with Crippen molar-refractivity contribution in [1.29, 1.82) is 0 Å². The van der Waals surface area contributed by atoms with E-state index in [2.05, 4.69) is 53.2 Å². The van der Waals surface area contributed by atoms with Crippen molar-refractivity contribution < 1.29 is 4.79 Å². The zero-order valence-electron chi connectivity index (χ0n) is 17.3. The number of aromatic nitrogens is 2. The van der Waals surface area contributed by atoms with E-state index in [1.807, 2.05) is 43.3 Å². The second kappa shape index (κ2) is 9.18. The second-order valence-electron chi connectivity index (χ2n) is 7.35. The maximum Gasteiger partial charge on any atom is 0.234 e. The summed E-state index contributed by atoms with van der Waals surface area (Å²) in [6, 6.07) is 24.6. The van der Waals surface area contributed by atoms with Gasteiger partial charge in [0.05, 0.1) is 16.8 Å². The first-order valence-corrected chi connectivity index (χ1v) is 11.1. The fourth-order valence-corrected chi connectivity index (χ4v) is 4.31. The number of rotatable bonds is 7. The molecule has 152 valence electrons. The third kappa shape index (κ3) is 4.57. The minimum Gasteiger partial charge on any atom is -0.325 e. The van der Waals surface area contributed by atoms with Gasteiger partial charge in [-0.3, -0.25) is 4.79 Å². The SMILES string of the molecule is Cc1cccc(NC(=O)CSc2nc3ccccc3n2CCc2ccccc2)c1C. The van der Waals surface area contributed by atoms with E-state index in [0.717, 1.165) is 40.4 Å². The molecule has 0 fully saturated rings. The lowest BCUT2D eigenvalue weighted by Gasteiger charge is -2.11. The van der Waals surface area contributed by atoms with Gasteiger partial charge < -0.3 is 9.88 Å². The number of carbonyl (C=O) groups excluding carboxylic acids is 1. The zero-order valence-corrected chi connectivity index (χ0v) is 18.1. The van der Waals surface area contributed by atoms with Gasteiger partial charge in [0.2, 0.25) is 5.91 Å². The standard InChI is InChI=1S/C25H25N3OS/c1-18-9-8-13-21(19(18)2)26-24(29)17-30-25-27-22-12-6-7-14-23(22)28(25)16-15-20-10-4-3-5-11-20/h3-14H,15-17H2,1-2H3,(H,26,29). The van der Waals surface area contributed by atoms with Crippen molar-refractivity contribution >= 4 is 34.4 Å². The van der Waals surface area contributed by atoms with Crippen molar-refractivity contribution in [3.8, 4) is 0 Å². The van der Waals surface area contributed by atoms with Crippen molar-refractivity contribution in [3.05, 3.63) is 89.5 Å². The number of hydrogen-bond donors (Lipinski definition) is 1. The summed E-state index contributed by atoms with van der Waals surface area (Å²) >= 11 is 1.49. The Kier molecular flexibility index (Phi) is 6.19. The van der Waals surface area contributed by atoms with Crippen LogP contribution in [0.2, 0.25) is 0 Å². The van der Waals surface area contributed by atoms with E-state index >= 15 is 0 Å². The molecule has 1 N–H and O–H groups in total. The normalized spacial score (nSPS) is 11.0. The van der Waals surface area contributed by atoms with Crippen molar-refractivity contribution in [2.75, 3.05) is 11.1 Å². The predicted octanol–water partition coefficient (Wildman–Crippen LogP) is 5.63. The Morgan fingerprint density at radius 1 is 0.967 bits per heavy atom. The summed E-state index contributed by atoms with van der Waals surface area (Å²) in [4.78, 5) is 17.4. The summed E-state index contributed by atoms with van der Waals surface area (Å²) < 4.78 is 2.22. The first-order valence-electron chi connectivity index (χ1n) is 10.1. The zero-order chi connectivity index (χ0) is 20.9. The molecule has 1 aromatic heterocycles. The number of carbonyl (C=O) groups is 1. The molecule has 3 aromatic carbocycles. The highest BCUT2D eigenvalue weighted by molar-refractivity contribution is 7.99. The number of hydrogen-bond acceptors (Lipinski definition) is 3. The molecule has 5 heteroatoms. The number of aryl methyl sites for hydroxylation is 3. The van der Waals surface area contributed by atoms with E-state index in [4.69, 9.17) is 4.98 Å². The molecule has 0 spiro atoms. The molecule has 30 heavy (non-hydrogen) atoms. The number of nitrogens with one attached hydrogen (secondary N) is 1. The van der Waals surface area contributed by atoms with Crippen LogP contribution in [0.4, 0.5) is 5.69 Å². The van der Waals surface area contributed by atoms with Gasteiger partial charge in [-0.05, 0) is 55.2 Å². The summed E-state index contributed by atoms with van der Waals surface area (Å²) in [5.74, 6) is 0.303. The molecule has 0 atom stereocenters. The summed E-state index contributed by atoms with van der Waals surface area (Å²) in [5.41, 5.74) is 6.50. The lowest BCUT2D eigenvalue weighted by Crippen LogP contribution is -2.15. The van der Waals surface area contributed by atoms with Gasteiger partial charge in [0, 0.05) is 12.2 Å². The van der Waals surface area contributed by atoms with Gasteiger partial charge in [-0.1, -0.05) is 66.4 Å². The number of benzene rings is 3. The van der Waals surface area contributed by atoms with Crippen LogP contribution in [-0.4, -0.2) is 21.2 Å². The summed E-state index contributed by atoms with van der Waals surface area (Å²) in [7, 11) is 0. The van der Waals surface area contributed by atoms with Crippen molar-refractivity contribution in [2.45, 2.75) is 32.0 Å². The Hall–Kier alpha value is -3.05. The van der Waals surface area contributed by atoms with E-state index in [1.165, 1.54) is 22.9 Å². The number of amides is 1. The fourth-order valence-electron chi connectivity index (χ4n) is 3.47. The molecule has 0 aliphatic heterocycles. The van der Waals surface area contributed by atoms with Crippen LogP contribution in [0.15, 0.2) is 78.0 Å². The Morgan fingerprint density at radius 3 is 2.57 bits per heavy atom. The highest BCUT2D eigenvalue weighted by atomic mass is 32.2. The van der Waals surface area contributed by atoms with Crippen LogP contribution in [0.3, 0.4) is 0 Å². The minimum absolute atomic E-state index is 0.0182. The van der Waals surface area contributed by atoms with Gasteiger partial charge in [0.25, 0.3) is 0 Å². The maximum atomic E-state index is 12.6. The van der Waals surface area contributed by atoms with Gasteiger partial charge in [-0.15, -0.1) is 0 Å². The van der Waals surface area contributed by atoms with Gasteiger partial charge in [-0.2, -0.15) is 0 Å². The number of nitrogens with zero attached hydrogens (tertiary/aromatic N) is 2. The number of fused-ring (bicyclic) bond motifs is 1. The predicted molar refractivity (Wildman–Crippen MR) is 125 cm³/mol. The third-order valence-corrected chi connectivity index (χ3v) is 6.27. The van der Waals surface area contributed by atoms with Crippen LogP contribution in [0.5, 0.6) is 0 Å². The third-order valence-electron chi connectivity index (χ3n) is 5.30. The first kappa shape index (κ1) is 20.2. The van der Waals surface area contributed by atoms with Crippen LogP contribution >= 0.6 is 11.8 Å². The van der Waals surface area contributed by atoms with Crippen LogP contribution in [0.25, 0.3) is 11.0 Å². The fraction of sp³-hybridized carbons (Fsp3) is 0.200. The molecule has 0 aliphatic rings. The Balaban J connectivity index is 1.49. The molecule has 0 saturated carbocycles. The molecule has 0 bridgehead atoms. The molecule has 0 aliphatic carbocycles. The lowest BCUT2D eigenvalue weighted by molar-refractivity contribution is -0.113. The smallest absolute Gasteiger partial charge is 0.234 e. The molecule has 0 unspecified atom stereocenters. The van der Waals surface area contributed by atoms with E-state index in [1.54, 1.807) is 0 Å². The number of thioether (sulfide) groups is 1.